The summed E-state index contributed by atoms with van der Waals surface area (Å²) in [5, 5.41) is 0. The Hall–Kier alpha value is -0.820. The first-order chi connectivity index (χ1) is 7.66. The van der Waals surface area contributed by atoms with Gasteiger partial charge in [0.1, 0.15) is 0 Å². The van der Waals surface area contributed by atoms with Crippen LogP contribution >= 0.6 is 0 Å². The van der Waals surface area contributed by atoms with Gasteiger partial charge in [0.25, 0.3) is 0 Å². The standard InChI is InChI=1S/C13H19N.C2H6/c1-13(2)8-9-14(11-13)10-12-6-4-3-5-7-12;1-2/h3-7H,8-11H2,1-2H3;1-2H3. The molecule has 1 nitrogen and oxygen atoms in total. The minimum atomic E-state index is 0.523. The van der Waals surface area contributed by atoms with Crippen molar-refractivity contribution in [3.63, 3.8) is 0 Å². The van der Waals surface area contributed by atoms with Crippen molar-refractivity contribution in [3.8, 4) is 0 Å². The van der Waals surface area contributed by atoms with E-state index in [2.05, 4.69) is 49.1 Å². The summed E-state index contributed by atoms with van der Waals surface area (Å²) < 4.78 is 0. The number of nitrogens with zero attached hydrogens (tertiary/aromatic N) is 1. The highest BCUT2D eigenvalue weighted by atomic mass is 15.1. The lowest BCUT2D eigenvalue weighted by Crippen LogP contribution is -2.22. The van der Waals surface area contributed by atoms with E-state index in [0.29, 0.717) is 5.41 Å². The van der Waals surface area contributed by atoms with Crippen LogP contribution in [0.1, 0.15) is 39.7 Å². The highest BCUT2D eigenvalue weighted by Gasteiger charge is 2.28. The summed E-state index contributed by atoms with van der Waals surface area (Å²) in [5.41, 5.74) is 1.96. The minimum Gasteiger partial charge on any atom is -0.299 e. The van der Waals surface area contributed by atoms with Gasteiger partial charge in [-0.3, -0.25) is 4.90 Å². The van der Waals surface area contributed by atoms with E-state index >= 15 is 0 Å². The lowest BCUT2D eigenvalue weighted by Gasteiger charge is -2.19. The smallest absolute Gasteiger partial charge is 0.0233 e. The first-order valence-corrected chi connectivity index (χ1v) is 6.42. The molecule has 0 amide bonds. The van der Waals surface area contributed by atoms with Crippen LogP contribution in [0.2, 0.25) is 0 Å². The zero-order valence-corrected chi connectivity index (χ0v) is 11.2. The third kappa shape index (κ3) is 3.97. The fourth-order valence-electron chi connectivity index (χ4n) is 2.20. The van der Waals surface area contributed by atoms with Crippen LogP contribution in [0.4, 0.5) is 0 Å². The van der Waals surface area contributed by atoms with Gasteiger partial charge in [-0.05, 0) is 23.9 Å². The van der Waals surface area contributed by atoms with E-state index in [1.807, 2.05) is 13.8 Å². The molecule has 0 aliphatic carbocycles. The van der Waals surface area contributed by atoms with Crippen molar-refractivity contribution in [1.29, 1.82) is 0 Å². The molecule has 0 spiro atoms. The minimum absolute atomic E-state index is 0.523. The molecule has 0 radical (unpaired) electrons. The van der Waals surface area contributed by atoms with Crippen molar-refractivity contribution < 1.29 is 0 Å². The number of rotatable bonds is 2. The van der Waals surface area contributed by atoms with Crippen LogP contribution in [-0.4, -0.2) is 18.0 Å². The Morgan fingerprint density at radius 3 is 2.25 bits per heavy atom. The molecule has 0 saturated carbocycles. The molecule has 1 aliphatic heterocycles. The molecule has 0 bridgehead atoms. The lowest BCUT2D eigenvalue weighted by atomic mass is 9.93. The normalized spacial score (nSPS) is 19.0. The predicted molar refractivity (Wildman–Crippen MR) is 71.5 cm³/mol. The molecule has 1 heterocycles. The Bertz CT molecular complexity index is 290. The molecule has 1 saturated heterocycles. The van der Waals surface area contributed by atoms with E-state index in [-0.39, 0.29) is 0 Å². The third-order valence-corrected chi connectivity index (χ3v) is 3.01. The summed E-state index contributed by atoms with van der Waals surface area (Å²) >= 11 is 0. The first-order valence-electron chi connectivity index (χ1n) is 6.42. The van der Waals surface area contributed by atoms with E-state index in [1.54, 1.807) is 0 Å². The molecule has 1 aromatic rings. The fourth-order valence-corrected chi connectivity index (χ4v) is 2.20. The Morgan fingerprint density at radius 1 is 1.12 bits per heavy atom. The van der Waals surface area contributed by atoms with Crippen LogP contribution in [0.25, 0.3) is 0 Å². The summed E-state index contributed by atoms with van der Waals surface area (Å²) in [5.74, 6) is 0. The van der Waals surface area contributed by atoms with Crippen molar-refractivity contribution in [1.82, 2.24) is 4.90 Å². The maximum atomic E-state index is 2.55. The highest BCUT2D eigenvalue weighted by molar-refractivity contribution is 5.14. The summed E-state index contributed by atoms with van der Waals surface area (Å²) in [6, 6.07) is 10.8. The average molecular weight is 219 g/mol. The molecule has 0 atom stereocenters. The zero-order valence-electron chi connectivity index (χ0n) is 11.2. The first kappa shape index (κ1) is 13.2. The van der Waals surface area contributed by atoms with E-state index in [0.717, 1.165) is 6.54 Å². The van der Waals surface area contributed by atoms with Gasteiger partial charge >= 0.3 is 0 Å². The van der Waals surface area contributed by atoms with Gasteiger partial charge in [0.2, 0.25) is 0 Å². The van der Waals surface area contributed by atoms with Crippen molar-refractivity contribution in [2.45, 2.75) is 40.7 Å². The number of hydrogen-bond acceptors (Lipinski definition) is 1. The summed E-state index contributed by atoms with van der Waals surface area (Å²) in [7, 11) is 0. The molecule has 0 unspecified atom stereocenters. The van der Waals surface area contributed by atoms with Crippen LogP contribution in [0.5, 0.6) is 0 Å². The molecule has 1 aliphatic rings. The molecular weight excluding hydrogens is 194 g/mol. The Kier molecular flexibility index (Phi) is 5.01. The van der Waals surface area contributed by atoms with E-state index in [9.17, 15) is 0 Å². The van der Waals surface area contributed by atoms with E-state index < -0.39 is 0 Å². The third-order valence-electron chi connectivity index (χ3n) is 3.01. The van der Waals surface area contributed by atoms with Gasteiger partial charge in [-0.1, -0.05) is 58.0 Å². The highest BCUT2D eigenvalue weighted by Crippen LogP contribution is 2.29. The van der Waals surface area contributed by atoms with Gasteiger partial charge in [-0.15, -0.1) is 0 Å². The molecule has 90 valence electrons. The summed E-state index contributed by atoms with van der Waals surface area (Å²) in [6.45, 7) is 12.3. The second-order valence-corrected chi connectivity index (χ2v) is 5.11. The van der Waals surface area contributed by atoms with Crippen molar-refractivity contribution in [2.24, 2.45) is 5.41 Å². The number of likely N-dealkylation sites (tertiary alicyclic amines) is 1. The van der Waals surface area contributed by atoms with Gasteiger partial charge in [0, 0.05) is 13.1 Å². The number of hydrogen-bond donors (Lipinski definition) is 0. The molecule has 1 heteroatoms. The largest absolute Gasteiger partial charge is 0.299 e. The molecule has 2 rings (SSSR count). The molecule has 1 fully saturated rings. The lowest BCUT2D eigenvalue weighted by molar-refractivity contribution is 0.284. The van der Waals surface area contributed by atoms with Gasteiger partial charge in [0.05, 0.1) is 0 Å². The van der Waals surface area contributed by atoms with Crippen LogP contribution in [0.3, 0.4) is 0 Å². The Labute approximate surface area is 100 Å². The quantitative estimate of drug-likeness (QED) is 0.728. The van der Waals surface area contributed by atoms with Crippen LogP contribution < -0.4 is 0 Å². The van der Waals surface area contributed by atoms with Crippen LogP contribution in [0.15, 0.2) is 30.3 Å². The van der Waals surface area contributed by atoms with Crippen molar-refractivity contribution in [3.05, 3.63) is 35.9 Å². The number of benzene rings is 1. The average Bonchev–Trinajstić information content (AvgIpc) is 2.62. The molecule has 0 N–H and O–H groups in total. The molecule has 16 heavy (non-hydrogen) atoms. The predicted octanol–water partition coefficient (Wildman–Crippen LogP) is 3.94. The van der Waals surface area contributed by atoms with Gasteiger partial charge in [0.15, 0.2) is 0 Å². The zero-order chi connectivity index (χ0) is 12.0. The van der Waals surface area contributed by atoms with Crippen molar-refractivity contribution >= 4 is 0 Å². The van der Waals surface area contributed by atoms with Gasteiger partial charge in [-0.2, -0.15) is 0 Å². The maximum Gasteiger partial charge on any atom is 0.0233 e. The summed E-state index contributed by atoms with van der Waals surface area (Å²) in [6.07, 6.45) is 1.33. The van der Waals surface area contributed by atoms with E-state index in [4.69, 9.17) is 0 Å². The van der Waals surface area contributed by atoms with Crippen molar-refractivity contribution in [2.75, 3.05) is 13.1 Å². The fraction of sp³-hybridized carbons (Fsp3) is 0.600. The second-order valence-electron chi connectivity index (χ2n) is 5.11. The molecule has 0 aromatic heterocycles. The van der Waals surface area contributed by atoms with Crippen LogP contribution in [-0.2, 0) is 6.54 Å². The van der Waals surface area contributed by atoms with Crippen LogP contribution in [0, 0.1) is 5.41 Å². The maximum absolute atomic E-state index is 2.55. The topological polar surface area (TPSA) is 3.24 Å². The van der Waals surface area contributed by atoms with Gasteiger partial charge < -0.3 is 0 Å². The Balaban J connectivity index is 0.000000606. The van der Waals surface area contributed by atoms with E-state index in [1.165, 1.54) is 25.1 Å². The monoisotopic (exact) mass is 219 g/mol. The molecular formula is C15H25N. The van der Waals surface area contributed by atoms with Gasteiger partial charge in [-0.25, -0.2) is 0 Å². The summed E-state index contributed by atoms with van der Waals surface area (Å²) in [4.78, 5) is 2.55. The second kappa shape index (κ2) is 6.05. The SMILES string of the molecule is CC.CC1(C)CCN(Cc2ccccc2)C1. The molecule has 1 aromatic carbocycles. The Morgan fingerprint density at radius 2 is 1.75 bits per heavy atom.